The zero-order valence-corrected chi connectivity index (χ0v) is 19.4. The lowest BCUT2D eigenvalue weighted by molar-refractivity contribution is 0.0738. The van der Waals surface area contributed by atoms with Crippen LogP contribution < -0.4 is 15.0 Å². The van der Waals surface area contributed by atoms with Crippen molar-refractivity contribution >= 4 is 28.4 Å². The fraction of sp³-hybridized carbons (Fsp3) is 0.375. The monoisotopic (exact) mass is 457 g/mol. The van der Waals surface area contributed by atoms with Gasteiger partial charge in [-0.3, -0.25) is 9.59 Å². The van der Waals surface area contributed by atoms with Crippen molar-refractivity contribution in [2.24, 2.45) is 0 Å². The van der Waals surface area contributed by atoms with Crippen LogP contribution in [0.4, 0.5) is 0 Å². The number of carbonyl (C=O) groups excluding carboxylic acids is 1. The molecule has 7 nitrogen and oxygen atoms in total. The molecule has 0 aliphatic rings. The second-order valence-electron chi connectivity index (χ2n) is 7.34. The van der Waals surface area contributed by atoms with Crippen molar-refractivity contribution in [3.63, 3.8) is 0 Å². The minimum atomic E-state index is -0.262. The van der Waals surface area contributed by atoms with Crippen molar-refractivity contribution < 1.29 is 14.3 Å². The van der Waals surface area contributed by atoms with E-state index in [9.17, 15) is 9.59 Å². The molecule has 0 aliphatic heterocycles. The van der Waals surface area contributed by atoms with Gasteiger partial charge in [0.05, 0.1) is 30.7 Å². The predicted octanol–water partition coefficient (Wildman–Crippen LogP) is 4.82. The van der Waals surface area contributed by atoms with Gasteiger partial charge in [0.2, 0.25) is 0 Å². The Morgan fingerprint density at radius 1 is 1.06 bits per heavy atom. The highest BCUT2D eigenvalue weighted by molar-refractivity contribution is 6.31. The Labute approximate surface area is 192 Å². The largest absolute Gasteiger partial charge is 0.490 e. The molecule has 1 heterocycles. The number of benzene rings is 2. The zero-order valence-electron chi connectivity index (χ0n) is 18.6. The van der Waals surface area contributed by atoms with Gasteiger partial charge in [-0.2, -0.15) is 0 Å². The number of aromatic nitrogens is 2. The van der Waals surface area contributed by atoms with Crippen molar-refractivity contribution in [2.75, 3.05) is 19.8 Å². The van der Waals surface area contributed by atoms with E-state index in [0.29, 0.717) is 58.6 Å². The van der Waals surface area contributed by atoms with Crippen LogP contribution in [0.5, 0.6) is 11.5 Å². The van der Waals surface area contributed by atoms with Gasteiger partial charge in [-0.1, -0.05) is 25.4 Å². The van der Waals surface area contributed by atoms with Crippen LogP contribution >= 0.6 is 11.6 Å². The van der Waals surface area contributed by atoms with E-state index in [1.165, 1.54) is 0 Å². The lowest BCUT2D eigenvalue weighted by Crippen LogP contribution is -2.32. The molecule has 0 radical (unpaired) electrons. The van der Waals surface area contributed by atoms with E-state index in [1.54, 1.807) is 41.3 Å². The topological polar surface area (TPSA) is 84.5 Å². The summed E-state index contributed by atoms with van der Waals surface area (Å²) in [6.07, 6.45) is 1.63. The molecule has 32 heavy (non-hydrogen) atoms. The molecule has 0 saturated heterocycles. The van der Waals surface area contributed by atoms with Gasteiger partial charge in [0.25, 0.3) is 11.5 Å². The first-order valence-electron chi connectivity index (χ1n) is 10.8. The number of aromatic amines is 1. The van der Waals surface area contributed by atoms with Gasteiger partial charge in [0.1, 0.15) is 5.82 Å². The van der Waals surface area contributed by atoms with Crippen molar-refractivity contribution in [2.45, 2.75) is 40.2 Å². The average molecular weight is 458 g/mol. The molecule has 1 aromatic heterocycles. The molecule has 0 saturated carbocycles. The molecule has 0 fully saturated rings. The third kappa shape index (κ3) is 5.59. The van der Waals surface area contributed by atoms with Gasteiger partial charge in [0, 0.05) is 17.1 Å². The third-order valence-electron chi connectivity index (χ3n) is 4.79. The quantitative estimate of drug-likeness (QED) is 0.472. The number of rotatable bonds is 10. The minimum absolute atomic E-state index is 0.169. The van der Waals surface area contributed by atoms with Crippen LogP contribution in [0, 0.1) is 0 Å². The van der Waals surface area contributed by atoms with Crippen LogP contribution in [0.25, 0.3) is 10.9 Å². The summed E-state index contributed by atoms with van der Waals surface area (Å²) in [7, 11) is 0. The summed E-state index contributed by atoms with van der Waals surface area (Å²) in [6, 6.07) is 10.1. The van der Waals surface area contributed by atoms with Gasteiger partial charge in [-0.15, -0.1) is 0 Å². The second-order valence-corrected chi connectivity index (χ2v) is 7.78. The second kappa shape index (κ2) is 11.0. The summed E-state index contributed by atoms with van der Waals surface area (Å²) in [4.78, 5) is 34.7. The molecule has 0 atom stereocenters. The molecule has 170 valence electrons. The van der Waals surface area contributed by atoms with E-state index in [4.69, 9.17) is 21.1 Å². The Balaban J connectivity index is 1.90. The van der Waals surface area contributed by atoms with Crippen LogP contribution in [-0.4, -0.2) is 40.5 Å². The molecule has 3 rings (SSSR count). The number of amides is 1. The maximum atomic E-state index is 13.3. The lowest BCUT2D eigenvalue weighted by Gasteiger charge is -2.22. The Morgan fingerprint density at radius 3 is 2.59 bits per heavy atom. The van der Waals surface area contributed by atoms with Crippen molar-refractivity contribution in [3.05, 3.63) is 63.2 Å². The Morgan fingerprint density at radius 2 is 1.88 bits per heavy atom. The van der Waals surface area contributed by atoms with Gasteiger partial charge in [-0.05, 0) is 56.2 Å². The smallest absolute Gasteiger partial charge is 0.258 e. The van der Waals surface area contributed by atoms with E-state index in [1.807, 2.05) is 20.8 Å². The fourth-order valence-corrected chi connectivity index (χ4v) is 3.53. The number of halogens is 1. The molecule has 0 bridgehead atoms. The van der Waals surface area contributed by atoms with Gasteiger partial charge in [-0.25, -0.2) is 4.98 Å². The molecule has 0 unspecified atom stereocenters. The first kappa shape index (κ1) is 23.6. The molecule has 1 N–H and O–H groups in total. The zero-order chi connectivity index (χ0) is 23.1. The summed E-state index contributed by atoms with van der Waals surface area (Å²) in [5.74, 6) is 1.38. The Bertz CT molecular complexity index is 1150. The predicted molar refractivity (Wildman–Crippen MR) is 126 cm³/mol. The summed E-state index contributed by atoms with van der Waals surface area (Å²) in [6.45, 7) is 7.61. The summed E-state index contributed by atoms with van der Waals surface area (Å²) in [5.41, 5.74) is 0.717. The SMILES string of the molecule is CCCOc1ccc(C(=O)N(CCC)Cc2nc3cc(Cl)ccc3c(=O)[nH]2)cc1OCC. The summed E-state index contributed by atoms with van der Waals surface area (Å²) >= 11 is 6.06. The van der Waals surface area contributed by atoms with Crippen LogP contribution in [0.1, 0.15) is 49.8 Å². The number of carbonyl (C=O) groups is 1. The number of nitrogens with zero attached hydrogens (tertiary/aromatic N) is 2. The highest BCUT2D eigenvalue weighted by Gasteiger charge is 2.19. The van der Waals surface area contributed by atoms with E-state index in [0.717, 1.165) is 12.8 Å². The molecule has 8 heteroatoms. The van der Waals surface area contributed by atoms with Crippen LogP contribution in [0.3, 0.4) is 0 Å². The number of nitrogens with one attached hydrogen (secondary N) is 1. The Kier molecular flexibility index (Phi) is 8.11. The van der Waals surface area contributed by atoms with E-state index >= 15 is 0 Å². The molecule has 0 aliphatic carbocycles. The van der Waals surface area contributed by atoms with Crippen LogP contribution in [0.15, 0.2) is 41.2 Å². The average Bonchev–Trinajstić information content (AvgIpc) is 2.77. The van der Waals surface area contributed by atoms with Crippen LogP contribution in [0.2, 0.25) is 5.02 Å². The van der Waals surface area contributed by atoms with E-state index < -0.39 is 0 Å². The fourth-order valence-electron chi connectivity index (χ4n) is 3.36. The molecule has 3 aromatic rings. The summed E-state index contributed by atoms with van der Waals surface area (Å²) < 4.78 is 11.4. The normalized spacial score (nSPS) is 10.9. The van der Waals surface area contributed by atoms with Crippen molar-refractivity contribution in [1.29, 1.82) is 0 Å². The number of hydrogen-bond acceptors (Lipinski definition) is 5. The number of H-pyrrole nitrogens is 1. The maximum Gasteiger partial charge on any atom is 0.258 e. The molecule has 0 spiro atoms. The lowest BCUT2D eigenvalue weighted by atomic mass is 10.1. The minimum Gasteiger partial charge on any atom is -0.490 e. The van der Waals surface area contributed by atoms with E-state index in [-0.39, 0.29) is 18.0 Å². The number of ether oxygens (including phenoxy) is 2. The molecule has 2 aromatic carbocycles. The first-order valence-corrected chi connectivity index (χ1v) is 11.2. The van der Waals surface area contributed by atoms with Crippen molar-refractivity contribution in [3.8, 4) is 11.5 Å². The van der Waals surface area contributed by atoms with Crippen molar-refractivity contribution in [1.82, 2.24) is 14.9 Å². The standard InChI is InChI=1S/C24H28ClN3O4/c1-4-11-28(15-22-26-19-14-17(25)8-9-18(19)23(29)27-22)24(30)16-7-10-20(32-12-5-2)21(13-16)31-6-3/h7-10,13-14H,4-6,11-12,15H2,1-3H3,(H,26,27,29). The number of hydrogen-bond donors (Lipinski definition) is 1. The van der Waals surface area contributed by atoms with Gasteiger partial charge in [0.15, 0.2) is 11.5 Å². The highest BCUT2D eigenvalue weighted by atomic mass is 35.5. The first-order chi connectivity index (χ1) is 15.5. The maximum absolute atomic E-state index is 13.3. The molecule has 1 amide bonds. The third-order valence-corrected chi connectivity index (χ3v) is 5.03. The Hall–Kier alpha value is -3.06. The van der Waals surface area contributed by atoms with Gasteiger partial charge >= 0.3 is 0 Å². The van der Waals surface area contributed by atoms with E-state index in [2.05, 4.69) is 9.97 Å². The highest BCUT2D eigenvalue weighted by Crippen LogP contribution is 2.29. The molecular formula is C24H28ClN3O4. The molecular weight excluding hydrogens is 430 g/mol. The van der Waals surface area contributed by atoms with Crippen LogP contribution in [-0.2, 0) is 6.54 Å². The van der Waals surface area contributed by atoms with Gasteiger partial charge < -0.3 is 19.4 Å². The summed E-state index contributed by atoms with van der Waals surface area (Å²) in [5, 5.41) is 0.951. The number of fused-ring (bicyclic) bond motifs is 1.